The fourth-order valence-corrected chi connectivity index (χ4v) is 8.66. The van der Waals surface area contributed by atoms with Gasteiger partial charge < -0.3 is 26.4 Å². The molecule has 214 valence electrons. The van der Waals surface area contributed by atoms with Crippen LogP contribution in [0.1, 0.15) is 68.9 Å². The minimum Gasteiger partial charge on any atom is -0.395 e. The molecule has 40 heavy (non-hydrogen) atoms. The number of nitrogens with one attached hydrogen (secondary N) is 4. The van der Waals surface area contributed by atoms with Gasteiger partial charge in [0.25, 0.3) is 0 Å². The average molecular weight is 564 g/mol. The molecule has 5 N–H and O–H groups in total. The Hall–Kier alpha value is -2.44. The fraction of sp³-hybridized carbons (Fsp3) is 0.645. The molecule has 5 fully saturated rings. The van der Waals surface area contributed by atoms with E-state index in [2.05, 4.69) is 32.3 Å². The van der Waals surface area contributed by atoms with E-state index in [1.165, 1.54) is 57.8 Å². The van der Waals surface area contributed by atoms with Crippen molar-refractivity contribution in [2.45, 2.75) is 82.5 Å². The van der Waals surface area contributed by atoms with Gasteiger partial charge in [-0.1, -0.05) is 29.8 Å². The van der Waals surface area contributed by atoms with Gasteiger partial charge in [-0.25, -0.2) is 4.98 Å². The minimum absolute atomic E-state index is 0.220. The van der Waals surface area contributed by atoms with Gasteiger partial charge in [-0.05, 0) is 92.6 Å². The molecule has 7 rings (SSSR count). The number of anilines is 2. The lowest BCUT2D eigenvalue weighted by Crippen LogP contribution is -2.61. The van der Waals surface area contributed by atoms with E-state index in [4.69, 9.17) is 21.7 Å². The van der Waals surface area contributed by atoms with Gasteiger partial charge in [0.1, 0.15) is 17.5 Å². The normalized spacial score (nSPS) is 32.5. The first-order chi connectivity index (χ1) is 19.5. The molecule has 9 heteroatoms. The van der Waals surface area contributed by atoms with Crippen molar-refractivity contribution < 1.29 is 5.11 Å². The SMILES string of the molecule is N#Cc1cnc(NCc2ccccc2Cl)nc1NC[C@@]12CC3CC(C1)[C@H](N[C@H]1CC[C@@H](NCCO)CC1)[C@H](C3)C2. The molecule has 1 aromatic heterocycles. The fourth-order valence-electron chi connectivity index (χ4n) is 8.46. The van der Waals surface area contributed by atoms with E-state index in [1.807, 2.05) is 24.3 Å². The van der Waals surface area contributed by atoms with Crippen molar-refractivity contribution in [3.8, 4) is 6.07 Å². The number of aliphatic hydroxyl groups is 1. The van der Waals surface area contributed by atoms with Gasteiger partial charge in [0.05, 0.1) is 12.8 Å². The van der Waals surface area contributed by atoms with Crippen molar-refractivity contribution in [1.29, 1.82) is 5.26 Å². The molecule has 0 saturated heterocycles. The Kier molecular flexibility index (Phi) is 8.45. The number of aromatic nitrogens is 2. The van der Waals surface area contributed by atoms with Crippen molar-refractivity contribution >= 4 is 23.4 Å². The van der Waals surface area contributed by atoms with Crippen LogP contribution in [0.3, 0.4) is 0 Å². The van der Waals surface area contributed by atoms with E-state index < -0.39 is 0 Å². The van der Waals surface area contributed by atoms with Gasteiger partial charge in [0.15, 0.2) is 0 Å². The van der Waals surface area contributed by atoms with E-state index in [-0.39, 0.29) is 12.0 Å². The molecular weight excluding hydrogens is 522 g/mol. The smallest absolute Gasteiger partial charge is 0.224 e. The first-order valence-electron chi connectivity index (χ1n) is 15.1. The summed E-state index contributed by atoms with van der Waals surface area (Å²) in [5.74, 6) is 3.43. The molecule has 8 nitrogen and oxygen atoms in total. The van der Waals surface area contributed by atoms with E-state index >= 15 is 0 Å². The van der Waals surface area contributed by atoms with Gasteiger partial charge in [0.2, 0.25) is 5.95 Å². The molecule has 2 unspecified atom stereocenters. The van der Waals surface area contributed by atoms with Crippen LogP contribution in [0.5, 0.6) is 0 Å². The molecule has 5 aliphatic rings. The number of halogens is 1. The zero-order valence-electron chi connectivity index (χ0n) is 23.2. The van der Waals surface area contributed by atoms with Gasteiger partial charge in [0, 0.05) is 42.8 Å². The number of nitriles is 1. The molecular formula is C31H42ClN7O. The first-order valence-corrected chi connectivity index (χ1v) is 15.5. The van der Waals surface area contributed by atoms with Crippen LogP contribution in [0.15, 0.2) is 30.5 Å². The summed E-state index contributed by atoms with van der Waals surface area (Å²) in [7, 11) is 0. The molecule has 5 saturated carbocycles. The third-order valence-corrected chi connectivity index (χ3v) is 10.4. The summed E-state index contributed by atoms with van der Waals surface area (Å²) in [5, 5.41) is 34.0. The standard InChI is InChI=1S/C31H42ClN7O/c32-27-4-2-1-3-21(27)17-35-30-36-18-24(16-33)29(39-30)37-19-31-13-20-11-22(14-31)28(23(12-20)15-31)38-26-7-5-25(6-8-26)34-9-10-40/h1-4,18,20,22-23,25-26,28,34,38,40H,5-15,17,19H2,(H2,35,36,37,39)/t20?,22-,23?,25-,26+,28-,31-/m1/s1. The second-order valence-electron chi connectivity index (χ2n) is 12.8. The third-order valence-electron chi connectivity index (χ3n) is 10.0. The lowest BCUT2D eigenvalue weighted by Gasteiger charge is -2.61. The van der Waals surface area contributed by atoms with Gasteiger partial charge in [-0.3, -0.25) is 0 Å². The maximum absolute atomic E-state index is 9.73. The Morgan fingerprint density at radius 1 is 1.02 bits per heavy atom. The zero-order chi connectivity index (χ0) is 27.5. The highest BCUT2D eigenvalue weighted by atomic mass is 35.5. The number of hydrogen-bond acceptors (Lipinski definition) is 8. The minimum atomic E-state index is 0.220. The Bertz CT molecular complexity index is 1190. The lowest BCUT2D eigenvalue weighted by molar-refractivity contribution is -0.0730. The Morgan fingerprint density at radius 3 is 2.50 bits per heavy atom. The summed E-state index contributed by atoms with van der Waals surface area (Å²) in [6.07, 6.45) is 13.0. The second-order valence-corrected chi connectivity index (χ2v) is 13.2. The predicted octanol–water partition coefficient (Wildman–Crippen LogP) is 4.70. The van der Waals surface area contributed by atoms with Crippen molar-refractivity contribution in [3.63, 3.8) is 0 Å². The van der Waals surface area contributed by atoms with E-state index in [0.29, 0.717) is 53.6 Å². The molecule has 5 atom stereocenters. The number of hydrogen-bond donors (Lipinski definition) is 5. The lowest BCUT2D eigenvalue weighted by atomic mass is 9.47. The maximum Gasteiger partial charge on any atom is 0.224 e. The van der Waals surface area contributed by atoms with Crippen molar-refractivity contribution in [1.82, 2.24) is 20.6 Å². The number of benzene rings is 1. The average Bonchev–Trinajstić information content (AvgIpc) is 2.97. The van der Waals surface area contributed by atoms with Crippen molar-refractivity contribution in [3.05, 3.63) is 46.6 Å². The van der Waals surface area contributed by atoms with Gasteiger partial charge in [-0.15, -0.1) is 0 Å². The highest BCUT2D eigenvalue weighted by molar-refractivity contribution is 6.31. The number of aliphatic hydroxyl groups excluding tert-OH is 1. The Labute approximate surface area is 242 Å². The van der Waals surface area contributed by atoms with Crippen molar-refractivity contribution in [2.75, 3.05) is 30.3 Å². The molecule has 5 aliphatic carbocycles. The Balaban J connectivity index is 1.06. The van der Waals surface area contributed by atoms with Gasteiger partial charge in [-0.2, -0.15) is 10.2 Å². The third kappa shape index (κ3) is 6.08. The monoisotopic (exact) mass is 563 g/mol. The second kappa shape index (κ2) is 12.2. The topological polar surface area (TPSA) is 118 Å². The quantitative estimate of drug-likeness (QED) is 0.267. The molecule has 2 aromatic rings. The van der Waals surface area contributed by atoms with Crippen LogP contribution in [0.4, 0.5) is 11.8 Å². The van der Waals surface area contributed by atoms with Crippen LogP contribution in [-0.4, -0.2) is 52.9 Å². The number of rotatable bonds is 11. The molecule has 4 bridgehead atoms. The summed E-state index contributed by atoms with van der Waals surface area (Å²) in [5.41, 5.74) is 1.75. The molecule has 0 radical (unpaired) electrons. The first kappa shape index (κ1) is 27.7. The van der Waals surface area contributed by atoms with E-state index in [9.17, 15) is 5.26 Å². The number of nitrogens with zero attached hydrogens (tertiary/aromatic N) is 3. The highest BCUT2D eigenvalue weighted by Crippen LogP contribution is 2.60. The van der Waals surface area contributed by atoms with Crippen LogP contribution in [0.2, 0.25) is 5.02 Å². The van der Waals surface area contributed by atoms with Crippen LogP contribution in [0.25, 0.3) is 0 Å². The largest absolute Gasteiger partial charge is 0.395 e. The highest BCUT2D eigenvalue weighted by Gasteiger charge is 2.55. The molecule has 1 heterocycles. The summed E-state index contributed by atoms with van der Waals surface area (Å²) in [6.45, 7) is 2.31. The van der Waals surface area contributed by atoms with Crippen LogP contribution >= 0.6 is 11.6 Å². The Morgan fingerprint density at radius 2 is 1.77 bits per heavy atom. The van der Waals surface area contributed by atoms with Crippen LogP contribution in [-0.2, 0) is 6.54 Å². The summed E-state index contributed by atoms with van der Waals surface area (Å²) in [6, 6.07) is 11.8. The van der Waals surface area contributed by atoms with Gasteiger partial charge >= 0.3 is 0 Å². The molecule has 1 aromatic carbocycles. The van der Waals surface area contributed by atoms with Crippen LogP contribution in [0, 0.1) is 34.5 Å². The summed E-state index contributed by atoms with van der Waals surface area (Å²) in [4.78, 5) is 9.06. The molecule has 0 amide bonds. The summed E-state index contributed by atoms with van der Waals surface area (Å²) < 4.78 is 0. The van der Waals surface area contributed by atoms with Crippen molar-refractivity contribution in [2.24, 2.45) is 23.2 Å². The zero-order valence-corrected chi connectivity index (χ0v) is 24.0. The van der Waals surface area contributed by atoms with Crippen LogP contribution < -0.4 is 21.3 Å². The molecule has 0 aliphatic heterocycles. The molecule has 0 spiro atoms. The van der Waals surface area contributed by atoms with E-state index in [0.717, 1.165) is 29.9 Å². The maximum atomic E-state index is 9.73. The summed E-state index contributed by atoms with van der Waals surface area (Å²) >= 11 is 6.31. The predicted molar refractivity (Wildman–Crippen MR) is 158 cm³/mol. The van der Waals surface area contributed by atoms with E-state index in [1.54, 1.807) is 6.20 Å².